The minimum absolute atomic E-state index is 0.202. The predicted octanol–water partition coefficient (Wildman–Crippen LogP) is 0.966. The Kier molecular flexibility index (Phi) is 5.30. The third kappa shape index (κ3) is 6.65. The lowest BCUT2D eigenvalue weighted by Crippen LogP contribution is -2.39. The summed E-state index contributed by atoms with van der Waals surface area (Å²) in [5.74, 6) is -0.567. The van der Waals surface area contributed by atoms with Crippen molar-refractivity contribution in [1.29, 1.82) is 5.26 Å². The van der Waals surface area contributed by atoms with Crippen LogP contribution in [0.2, 0.25) is 0 Å². The van der Waals surface area contributed by atoms with Crippen molar-refractivity contribution in [1.82, 2.24) is 5.32 Å². The third-order valence-corrected chi connectivity index (χ3v) is 1.45. The fourth-order valence-electron chi connectivity index (χ4n) is 0.829. The number of nitriles is 1. The predicted molar refractivity (Wildman–Crippen MR) is 55.4 cm³/mol. The van der Waals surface area contributed by atoms with Crippen LogP contribution in [-0.2, 0) is 14.3 Å². The Hall–Kier alpha value is -1.77. The quantitative estimate of drug-likeness (QED) is 0.727. The van der Waals surface area contributed by atoms with E-state index in [0.717, 1.165) is 0 Å². The van der Waals surface area contributed by atoms with Gasteiger partial charge < -0.3 is 14.8 Å². The maximum Gasteiger partial charge on any atom is 0.408 e. The second-order valence-corrected chi connectivity index (χ2v) is 4.11. The van der Waals surface area contributed by atoms with Crippen molar-refractivity contribution in [3.05, 3.63) is 0 Å². The number of methoxy groups -OCH3 is 1. The van der Waals surface area contributed by atoms with E-state index < -0.39 is 23.7 Å². The summed E-state index contributed by atoms with van der Waals surface area (Å²) in [5, 5.41) is 11.0. The number of esters is 1. The largest absolute Gasteiger partial charge is 0.469 e. The molecule has 0 aliphatic carbocycles. The van der Waals surface area contributed by atoms with E-state index in [9.17, 15) is 9.59 Å². The van der Waals surface area contributed by atoms with Gasteiger partial charge in [-0.3, -0.25) is 4.79 Å². The molecule has 1 amide bonds. The lowest BCUT2D eigenvalue weighted by atomic mass is 10.2. The number of carbonyl (C=O) groups is 2. The number of hydrogen-bond acceptors (Lipinski definition) is 5. The number of hydrogen-bond donors (Lipinski definition) is 1. The Labute approximate surface area is 94.5 Å². The summed E-state index contributed by atoms with van der Waals surface area (Å²) >= 11 is 0. The molecule has 0 fully saturated rings. The van der Waals surface area contributed by atoms with Crippen LogP contribution in [-0.4, -0.2) is 30.8 Å². The molecule has 1 N–H and O–H groups in total. The number of alkyl carbamates (subject to hydrolysis) is 1. The molecule has 0 aliphatic rings. The van der Waals surface area contributed by atoms with E-state index in [-0.39, 0.29) is 6.42 Å². The van der Waals surface area contributed by atoms with E-state index in [1.807, 2.05) is 0 Å². The minimum Gasteiger partial charge on any atom is -0.469 e. The van der Waals surface area contributed by atoms with E-state index in [0.29, 0.717) is 0 Å². The van der Waals surface area contributed by atoms with Crippen molar-refractivity contribution in [2.75, 3.05) is 7.11 Å². The second-order valence-electron chi connectivity index (χ2n) is 4.11. The first-order valence-electron chi connectivity index (χ1n) is 4.74. The highest BCUT2D eigenvalue weighted by atomic mass is 16.6. The van der Waals surface area contributed by atoms with Crippen molar-refractivity contribution in [3.63, 3.8) is 0 Å². The Bertz CT molecular complexity index is 301. The molecule has 0 aromatic carbocycles. The van der Waals surface area contributed by atoms with Gasteiger partial charge in [0.2, 0.25) is 0 Å². The number of nitrogens with zero attached hydrogens (tertiary/aromatic N) is 1. The highest BCUT2D eigenvalue weighted by Gasteiger charge is 2.21. The molecule has 16 heavy (non-hydrogen) atoms. The summed E-state index contributed by atoms with van der Waals surface area (Å²) in [5.41, 5.74) is -0.643. The Morgan fingerprint density at radius 1 is 1.44 bits per heavy atom. The smallest absolute Gasteiger partial charge is 0.408 e. The molecule has 0 heterocycles. The lowest BCUT2D eigenvalue weighted by molar-refractivity contribution is -0.140. The van der Waals surface area contributed by atoms with E-state index in [4.69, 9.17) is 10.00 Å². The summed E-state index contributed by atoms with van der Waals surface area (Å²) in [6, 6.07) is 0.829. The standard InChI is InChI=1S/C10H16N2O4/c1-10(2,3)16-9(14)12-7(6-11)5-8(13)15-4/h7H,5H2,1-4H3,(H,12,14)/t7-/m0/s1. The zero-order valence-electron chi connectivity index (χ0n) is 9.86. The van der Waals surface area contributed by atoms with Gasteiger partial charge in [0.05, 0.1) is 19.6 Å². The van der Waals surface area contributed by atoms with Crippen molar-refractivity contribution < 1.29 is 19.1 Å². The van der Waals surface area contributed by atoms with Gasteiger partial charge in [-0.05, 0) is 20.8 Å². The number of ether oxygens (including phenoxy) is 2. The summed E-state index contributed by atoms with van der Waals surface area (Å²) in [7, 11) is 1.21. The van der Waals surface area contributed by atoms with Crippen molar-refractivity contribution in [2.45, 2.75) is 38.8 Å². The first kappa shape index (κ1) is 14.2. The summed E-state index contributed by atoms with van der Waals surface area (Å²) in [6.45, 7) is 5.11. The maximum atomic E-state index is 11.3. The normalized spacial score (nSPS) is 12.2. The van der Waals surface area contributed by atoms with Crippen LogP contribution in [0.5, 0.6) is 0 Å². The van der Waals surface area contributed by atoms with Crippen LogP contribution < -0.4 is 5.32 Å². The van der Waals surface area contributed by atoms with Crippen molar-refractivity contribution in [3.8, 4) is 6.07 Å². The molecule has 6 nitrogen and oxygen atoms in total. The monoisotopic (exact) mass is 228 g/mol. The molecule has 0 spiro atoms. The molecule has 0 saturated heterocycles. The molecular formula is C10H16N2O4. The van der Waals surface area contributed by atoms with Gasteiger partial charge in [0.25, 0.3) is 0 Å². The van der Waals surface area contributed by atoms with E-state index in [1.165, 1.54) is 7.11 Å². The first-order valence-corrected chi connectivity index (χ1v) is 4.74. The van der Waals surface area contributed by atoms with Crippen LogP contribution >= 0.6 is 0 Å². The van der Waals surface area contributed by atoms with Gasteiger partial charge in [-0.25, -0.2) is 4.79 Å². The fraction of sp³-hybridized carbons (Fsp3) is 0.700. The van der Waals surface area contributed by atoms with Crippen LogP contribution in [0, 0.1) is 11.3 Å². The van der Waals surface area contributed by atoms with Crippen LogP contribution in [0.15, 0.2) is 0 Å². The SMILES string of the molecule is COC(=O)C[C@@H](C#N)NC(=O)OC(C)(C)C. The Morgan fingerprint density at radius 2 is 2.00 bits per heavy atom. The van der Waals surface area contributed by atoms with Crippen molar-refractivity contribution >= 4 is 12.1 Å². The summed E-state index contributed by atoms with van der Waals surface area (Å²) < 4.78 is 9.31. The van der Waals surface area contributed by atoms with Crippen molar-refractivity contribution in [2.24, 2.45) is 0 Å². The van der Waals surface area contributed by atoms with Gasteiger partial charge >= 0.3 is 12.1 Å². The molecule has 0 aliphatic heterocycles. The lowest BCUT2D eigenvalue weighted by Gasteiger charge is -2.20. The van der Waals surface area contributed by atoms with Gasteiger partial charge in [0, 0.05) is 0 Å². The summed E-state index contributed by atoms with van der Waals surface area (Å²) in [4.78, 5) is 22.1. The average Bonchev–Trinajstić information content (AvgIpc) is 2.13. The van der Waals surface area contributed by atoms with Gasteiger partial charge in [-0.2, -0.15) is 5.26 Å². The molecule has 0 unspecified atom stereocenters. The molecule has 0 rings (SSSR count). The second kappa shape index (κ2) is 5.95. The molecule has 0 aromatic rings. The molecule has 90 valence electrons. The number of carbonyl (C=O) groups excluding carboxylic acids is 2. The number of rotatable bonds is 3. The zero-order chi connectivity index (χ0) is 12.8. The Balaban J connectivity index is 4.19. The highest BCUT2D eigenvalue weighted by Crippen LogP contribution is 2.07. The molecule has 0 saturated carbocycles. The molecule has 0 radical (unpaired) electrons. The minimum atomic E-state index is -0.942. The number of amides is 1. The van der Waals surface area contributed by atoms with E-state index in [2.05, 4.69) is 10.1 Å². The maximum absolute atomic E-state index is 11.3. The fourth-order valence-corrected chi connectivity index (χ4v) is 0.829. The first-order chi connectivity index (χ1) is 7.28. The van der Waals surface area contributed by atoms with Crippen LogP contribution in [0.3, 0.4) is 0 Å². The van der Waals surface area contributed by atoms with Gasteiger partial charge in [-0.15, -0.1) is 0 Å². The van der Waals surface area contributed by atoms with Crippen LogP contribution in [0.25, 0.3) is 0 Å². The molecule has 0 aromatic heterocycles. The summed E-state index contributed by atoms with van der Waals surface area (Å²) in [6.07, 6.45) is -0.936. The molecule has 0 bridgehead atoms. The Morgan fingerprint density at radius 3 is 2.38 bits per heavy atom. The van der Waals surface area contributed by atoms with Gasteiger partial charge in [0.1, 0.15) is 11.6 Å². The van der Waals surface area contributed by atoms with Gasteiger partial charge in [0.15, 0.2) is 0 Å². The molecule has 1 atom stereocenters. The van der Waals surface area contributed by atoms with Gasteiger partial charge in [-0.1, -0.05) is 0 Å². The third-order valence-electron chi connectivity index (χ3n) is 1.45. The topological polar surface area (TPSA) is 88.4 Å². The molecule has 6 heteroatoms. The molecular weight excluding hydrogens is 212 g/mol. The van der Waals surface area contributed by atoms with E-state index in [1.54, 1.807) is 26.8 Å². The van der Waals surface area contributed by atoms with Crippen LogP contribution in [0.4, 0.5) is 4.79 Å². The van der Waals surface area contributed by atoms with E-state index >= 15 is 0 Å². The van der Waals surface area contributed by atoms with Crippen LogP contribution in [0.1, 0.15) is 27.2 Å². The average molecular weight is 228 g/mol. The highest BCUT2D eigenvalue weighted by molar-refractivity contribution is 5.73. The zero-order valence-corrected chi connectivity index (χ0v) is 9.86. The number of nitrogens with one attached hydrogen (secondary N) is 1.